The van der Waals surface area contributed by atoms with Gasteiger partial charge in [-0.05, 0) is 12.8 Å². The lowest BCUT2D eigenvalue weighted by Crippen LogP contribution is -2.22. The highest BCUT2D eigenvalue weighted by atomic mass is 32.2. The van der Waals surface area contributed by atoms with E-state index in [0.29, 0.717) is 18.8 Å². The van der Waals surface area contributed by atoms with Gasteiger partial charge in [-0.25, -0.2) is 0 Å². The molecule has 0 aromatic carbocycles. The van der Waals surface area contributed by atoms with Crippen LogP contribution in [-0.2, 0) is 16.1 Å². The van der Waals surface area contributed by atoms with E-state index >= 15 is 0 Å². The number of Topliss-reactive ketones (excluding diaryl/α,β-unsaturated/α-hetero) is 1. The molecule has 17 heavy (non-hydrogen) atoms. The van der Waals surface area contributed by atoms with Crippen molar-refractivity contribution in [1.82, 2.24) is 14.8 Å². The zero-order valence-electron chi connectivity index (χ0n) is 9.96. The summed E-state index contributed by atoms with van der Waals surface area (Å²) < 4.78 is 6.97. The first-order valence-electron chi connectivity index (χ1n) is 5.87. The maximum absolute atomic E-state index is 11.7. The Balaban J connectivity index is 1.97. The number of methoxy groups -OCH3 is 1. The van der Waals surface area contributed by atoms with Crippen LogP contribution in [0.3, 0.4) is 0 Å². The van der Waals surface area contributed by atoms with Gasteiger partial charge in [0.15, 0.2) is 5.16 Å². The number of rotatable bonds is 5. The highest BCUT2D eigenvalue weighted by Gasteiger charge is 2.24. The third-order valence-electron chi connectivity index (χ3n) is 2.86. The first kappa shape index (κ1) is 12.6. The number of nitrogens with zero attached hydrogens (tertiary/aromatic N) is 3. The number of ether oxygens (including phenoxy) is 1. The van der Waals surface area contributed by atoms with Gasteiger partial charge in [-0.15, -0.1) is 10.2 Å². The molecule has 1 aliphatic carbocycles. The Kier molecular flexibility index (Phi) is 4.56. The molecule has 2 rings (SSSR count). The molecule has 0 spiro atoms. The van der Waals surface area contributed by atoms with Crippen molar-refractivity contribution in [3.8, 4) is 0 Å². The summed E-state index contributed by atoms with van der Waals surface area (Å²) >= 11 is 1.54. The maximum atomic E-state index is 11.7. The van der Waals surface area contributed by atoms with Gasteiger partial charge in [-0.2, -0.15) is 0 Å². The second-order valence-corrected chi connectivity index (χ2v) is 5.29. The van der Waals surface area contributed by atoms with Crippen molar-refractivity contribution in [2.24, 2.45) is 0 Å². The highest BCUT2D eigenvalue weighted by molar-refractivity contribution is 8.00. The molecule has 1 unspecified atom stereocenters. The summed E-state index contributed by atoms with van der Waals surface area (Å²) in [5.74, 6) is 0.350. The van der Waals surface area contributed by atoms with Crippen molar-refractivity contribution >= 4 is 17.5 Å². The van der Waals surface area contributed by atoms with E-state index < -0.39 is 0 Å². The maximum Gasteiger partial charge on any atom is 0.191 e. The molecule has 0 aliphatic heterocycles. The summed E-state index contributed by atoms with van der Waals surface area (Å²) in [5.41, 5.74) is 0. The minimum atomic E-state index is 0.0641. The Morgan fingerprint density at radius 3 is 3.24 bits per heavy atom. The SMILES string of the molecule is COCCn1cnnc1SC1CCCCC1=O. The third-order valence-corrected chi connectivity index (χ3v) is 4.17. The first-order valence-corrected chi connectivity index (χ1v) is 6.75. The lowest BCUT2D eigenvalue weighted by molar-refractivity contribution is -0.119. The third kappa shape index (κ3) is 3.29. The van der Waals surface area contributed by atoms with Crippen LogP contribution < -0.4 is 0 Å². The second kappa shape index (κ2) is 6.16. The molecule has 0 amide bonds. The van der Waals surface area contributed by atoms with Gasteiger partial charge in [0.25, 0.3) is 0 Å². The van der Waals surface area contributed by atoms with Crippen LogP contribution in [0.1, 0.15) is 25.7 Å². The Bertz CT molecular complexity index is 381. The quantitative estimate of drug-likeness (QED) is 0.798. The summed E-state index contributed by atoms with van der Waals surface area (Å²) in [7, 11) is 1.67. The molecule has 0 saturated heterocycles. The predicted octanol–water partition coefficient (Wildman–Crippen LogP) is 1.53. The van der Waals surface area contributed by atoms with E-state index in [1.165, 1.54) is 0 Å². The fourth-order valence-electron chi connectivity index (χ4n) is 1.88. The van der Waals surface area contributed by atoms with Crippen LogP contribution in [0.15, 0.2) is 11.5 Å². The van der Waals surface area contributed by atoms with Gasteiger partial charge in [0, 0.05) is 20.1 Å². The van der Waals surface area contributed by atoms with Crippen LogP contribution >= 0.6 is 11.8 Å². The largest absolute Gasteiger partial charge is 0.383 e. The Hall–Kier alpha value is -0.880. The summed E-state index contributed by atoms with van der Waals surface area (Å²) in [4.78, 5) is 11.7. The fraction of sp³-hybridized carbons (Fsp3) is 0.727. The number of carbonyl (C=O) groups excluding carboxylic acids is 1. The van der Waals surface area contributed by atoms with Crippen LogP contribution in [0.5, 0.6) is 0 Å². The summed E-state index contributed by atoms with van der Waals surface area (Å²) in [6.45, 7) is 1.36. The van der Waals surface area contributed by atoms with Crippen LogP contribution in [0.25, 0.3) is 0 Å². The second-order valence-electron chi connectivity index (χ2n) is 4.12. The van der Waals surface area contributed by atoms with E-state index in [-0.39, 0.29) is 5.25 Å². The van der Waals surface area contributed by atoms with Crippen molar-refractivity contribution in [1.29, 1.82) is 0 Å². The average Bonchev–Trinajstić information content (AvgIpc) is 2.77. The number of hydrogen-bond acceptors (Lipinski definition) is 5. The minimum Gasteiger partial charge on any atom is -0.383 e. The van der Waals surface area contributed by atoms with E-state index in [1.54, 1.807) is 25.2 Å². The van der Waals surface area contributed by atoms with Crippen LogP contribution in [-0.4, -0.2) is 39.5 Å². The molecular formula is C11H17N3O2S. The van der Waals surface area contributed by atoms with Gasteiger partial charge in [0.05, 0.1) is 11.9 Å². The van der Waals surface area contributed by atoms with Crippen molar-refractivity contribution in [3.05, 3.63) is 6.33 Å². The molecule has 1 aliphatic rings. The summed E-state index contributed by atoms with van der Waals surface area (Å²) in [6, 6.07) is 0. The average molecular weight is 255 g/mol. The Morgan fingerprint density at radius 1 is 1.59 bits per heavy atom. The summed E-state index contributed by atoms with van der Waals surface area (Å²) in [5, 5.41) is 8.84. The number of aromatic nitrogens is 3. The molecule has 0 N–H and O–H groups in total. The lowest BCUT2D eigenvalue weighted by Gasteiger charge is -2.19. The zero-order valence-corrected chi connectivity index (χ0v) is 10.8. The lowest BCUT2D eigenvalue weighted by atomic mass is 9.99. The highest BCUT2D eigenvalue weighted by Crippen LogP contribution is 2.30. The van der Waals surface area contributed by atoms with Gasteiger partial charge < -0.3 is 9.30 Å². The molecule has 94 valence electrons. The molecular weight excluding hydrogens is 238 g/mol. The Labute approximate surface area is 105 Å². The number of thioether (sulfide) groups is 1. The molecule has 1 aromatic heterocycles. The standard InChI is InChI=1S/C11H17N3O2S/c1-16-7-6-14-8-12-13-11(14)17-10-5-3-2-4-9(10)15/h8,10H,2-7H2,1H3. The number of ketones is 1. The summed E-state index contributed by atoms with van der Waals surface area (Å²) in [6.07, 6.45) is 5.53. The monoisotopic (exact) mass is 255 g/mol. The van der Waals surface area contributed by atoms with E-state index in [1.807, 2.05) is 4.57 Å². The van der Waals surface area contributed by atoms with Crippen LogP contribution in [0.2, 0.25) is 0 Å². The van der Waals surface area contributed by atoms with Crippen molar-refractivity contribution < 1.29 is 9.53 Å². The van der Waals surface area contributed by atoms with Crippen molar-refractivity contribution in [2.45, 2.75) is 42.6 Å². The molecule has 1 heterocycles. The normalized spacial score (nSPS) is 20.8. The van der Waals surface area contributed by atoms with Crippen LogP contribution in [0, 0.1) is 0 Å². The van der Waals surface area contributed by atoms with E-state index in [9.17, 15) is 4.79 Å². The number of hydrogen-bond donors (Lipinski definition) is 0. The van der Waals surface area contributed by atoms with Crippen LogP contribution in [0.4, 0.5) is 0 Å². The van der Waals surface area contributed by atoms with Gasteiger partial charge in [-0.1, -0.05) is 18.2 Å². The molecule has 1 fully saturated rings. The van der Waals surface area contributed by atoms with Gasteiger partial charge in [-0.3, -0.25) is 4.79 Å². The predicted molar refractivity (Wildman–Crippen MR) is 65.0 cm³/mol. The van der Waals surface area contributed by atoms with Crippen molar-refractivity contribution in [2.75, 3.05) is 13.7 Å². The van der Waals surface area contributed by atoms with Gasteiger partial charge in [0.2, 0.25) is 0 Å². The molecule has 5 nitrogen and oxygen atoms in total. The van der Waals surface area contributed by atoms with Gasteiger partial charge in [0.1, 0.15) is 12.1 Å². The smallest absolute Gasteiger partial charge is 0.191 e. The molecule has 1 aromatic rings. The zero-order chi connectivity index (χ0) is 12.1. The Morgan fingerprint density at radius 2 is 2.47 bits per heavy atom. The fourth-order valence-corrected chi connectivity index (χ4v) is 3.04. The molecule has 0 radical (unpaired) electrons. The minimum absolute atomic E-state index is 0.0641. The van der Waals surface area contributed by atoms with Gasteiger partial charge >= 0.3 is 0 Å². The van der Waals surface area contributed by atoms with E-state index in [0.717, 1.165) is 31.0 Å². The molecule has 1 atom stereocenters. The first-order chi connectivity index (χ1) is 8.31. The molecule has 0 bridgehead atoms. The van der Waals surface area contributed by atoms with E-state index in [2.05, 4.69) is 10.2 Å². The van der Waals surface area contributed by atoms with Crippen molar-refractivity contribution in [3.63, 3.8) is 0 Å². The molecule has 1 saturated carbocycles. The topological polar surface area (TPSA) is 57.0 Å². The molecule has 6 heteroatoms. The number of carbonyl (C=O) groups is 1. The van der Waals surface area contributed by atoms with E-state index in [4.69, 9.17) is 4.74 Å².